The first-order valence-electron chi connectivity index (χ1n) is 2.75. The molecule has 5 heteroatoms. The lowest BCUT2D eigenvalue weighted by atomic mass is 10.7. The molecular weight excluding hydrogens is 132 g/mol. The Bertz CT molecular complexity index is 401. The molecule has 0 saturated carbocycles. The van der Waals surface area contributed by atoms with Crippen molar-refractivity contribution in [2.75, 3.05) is 0 Å². The van der Waals surface area contributed by atoms with E-state index in [9.17, 15) is 4.79 Å². The lowest BCUT2D eigenvalue weighted by Crippen LogP contribution is -2.12. The van der Waals surface area contributed by atoms with Gasteiger partial charge in [0.05, 0.1) is 0 Å². The quantitative estimate of drug-likeness (QED) is 0.526. The van der Waals surface area contributed by atoms with Gasteiger partial charge in [-0.15, -0.1) is 0 Å². The van der Waals surface area contributed by atoms with Crippen molar-refractivity contribution in [2.45, 2.75) is 0 Å². The molecule has 0 aliphatic rings. The van der Waals surface area contributed by atoms with Gasteiger partial charge in [-0.1, -0.05) is 0 Å². The Labute approximate surface area is 55.3 Å². The number of H-pyrrole nitrogens is 1. The van der Waals surface area contributed by atoms with Crippen molar-refractivity contribution < 1.29 is 0 Å². The Kier molecular flexibility index (Phi) is 0.858. The van der Waals surface area contributed by atoms with Crippen molar-refractivity contribution in [2.24, 2.45) is 0 Å². The van der Waals surface area contributed by atoms with Gasteiger partial charge in [-0.3, -0.25) is 9.89 Å². The smallest absolute Gasteiger partial charge is 0.273 e. The second-order valence-corrected chi connectivity index (χ2v) is 1.81. The fourth-order valence-electron chi connectivity index (χ4n) is 0.755. The van der Waals surface area contributed by atoms with Crippen LogP contribution in [-0.4, -0.2) is 19.6 Å². The van der Waals surface area contributed by atoms with Crippen LogP contribution in [-0.2, 0) is 0 Å². The minimum atomic E-state index is -0.150. The SMILES string of the molecule is O=c1ccnc2nc[nH]n12. The van der Waals surface area contributed by atoms with Crippen LogP contribution in [0.4, 0.5) is 0 Å². The van der Waals surface area contributed by atoms with Crippen LogP contribution in [0.15, 0.2) is 23.4 Å². The zero-order chi connectivity index (χ0) is 6.97. The molecule has 1 N–H and O–H groups in total. The summed E-state index contributed by atoms with van der Waals surface area (Å²) in [6.45, 7) is 0. The van der Waals surface area contributed by atoms with Crippen LogP contribution in [0.2, 0.25) is 0 Å². The molecule has 2 aromatic rings. The maximum absolute atomic E-state index is 10.9. The standard InChI is InChI=1S/C5H4N4O/c10-4-1-2-6-5-7-3-8-9(4)5/h1-3H,(H,6,7,8). The van der Waals surface area contributed by atoms with Gasteiger partial charge in [-0.05, 0) is 0 Å². The van der Waals surface area contributed by atoms with Crippen molar-refractivity contribution in [3.63, 3.8) is 0 Å². The fraction of sp³-hybridized carbons (Fsp3) is 0. The molecule has 0 unspecified atom stereocenters. The fourth-order valence-corrected chi connectivity index (χ4v) is 0.755. The summed E-state index contributed by atoms with van der Waals surface area (Å²) in [5, 5.41) is 2.62. The third-order valence-corrected chi connectivity index (χ3v) is 1.19. The van der Waals surface area contributed by atoms with E-state index < -0.39 is 0 Å². The maximum atomic E-state index is 10.9. The van der Waals surface area contributed by atoms with Gasteiger partial charge >= 0.3 is 0 Å². The van der Waals surface area contributed by atoms with Gasteiger partial charge in [0.1, 0.15) is 6.33 Å². The Morgan fingerprint density at radius 1 is 1.50 bits per heavy atom. The number of nitrogens with one attached hydrogen (secondary N) is 1. The van der Waals surface area contributed by atoms with Gasteiger partial charge < -0.3 is 0 Å². The summed E-state index contributed by atoms with van der Waals surface area (Å²) < 4.78 is 1.26. The van der Waals surface area contributed by atoms with Gasteiger partial charge in [0.2, 0.25) is 0 Å². The van der Waals surface area contributed by atoms with Crippen molar-refractivity contribution in [3.05, 3.63) is 28.9 Å². The Balaban J connectivity index is 3.09. The van der Waals surface area contributed by atoms with E-state index in [0.717, 1.165) is 0 Å². The summed E-state index contributed by atoms with van der Waals surface area (Å²) in [4.78, 5) is 18.5. The lowest BCUT2D eigenvalue weighted by Gasteiger charge is -1.84. The molecule has 0 radical (unpaired) electrons. The average molecular weight is 136 g/mol. The van der Waals surface area contributed by atoms with Crippen molar-refractivity contribution in [1.82, 2.24) is 19.6 Å². The van der Waals surface area contributed by atoms with Crippen LogP contribution in [0.1, 0.15) is 0 Å². The van der Waals surface area contributed by atoms with Gasteiger partial charge in [-0.2, -0.15) is 4.52 Å². The van der Waals surface area contributed by atoms with Gasteiger partial charge in [0, 0.05) is 12.3 Å². The van der Waals surface area contributed by atoms with Crippen LogP contribution in [0.5, 0.6) is 0 Å². The van der Waals surface area contributed by atoms with Gasteiger partial charge in [0.15, 0.2) is 0 Å². The number of aromatic nitrogens is 4. The molecule has 2 rings (SSSR count). The first-order valence-corrected chi connectivity index (χ1v) is 2.75. The Morgan fingerprint density at radius 2 is 2.40 bits per heavy atom. The lowest BCUT2D eigenvalue weighted by molar-refractivity contribution is 0.899. The van der Waals surface area contributed by atoms with Crippen LogP contribution in [0, 0.1) is 0 Å². The van der Waals surface area contributed by atoms with E-state index in [1.54, 1.807) is 0 Å². The molecule has 5 nitrogen and oxygen atoms in total. The summed E-state index contributed by atoms with van der Waals surface area (Å²) in [5.74, 6) is 0.396. The molecule has 10 heavy (non-hydrogen) atoms. The van der Waals surface area contributed by atoms with Crippen molar-refractivity contribution >= 4 is 5.78 Å². The van der Waals surface area contributed by atoms with E-state index in [1.165, 1.54) is 23.1 Å². The number of rotatable bonds is 0. The van der Waals surface area contributed by atoms with Crippen molar-refractivity contribution in [3.8, 4) is 0 Å². The normalized spacial score (nSPS) is 10.4. The van der Waals surface area contributed by atoms with Crippen LogP contribution < -0.4 is 5.56 Å². The second kappa shape index (κ2) is 1.66. The highest BCUT2D eigenvalue weighted by molar-refractivity contribution is 5.22. The van der Waals surface area contributed by atoms with E-state index in [4.69, 9.17) is 0 Å². The molecule has 0 aliphatic carbocycles. The van der Waals surface area contributed by atoms with E-state index >= 15 is 0 Å². The predicted molar refractivity (Wildman–Crippen MR) is 33.6 cm³/mol. The van der Waals surface area contributed by atoms with Crippen LogP contribution >= 0.6 is 0 Å². The molecule has 50 valence electrons. The topological polar surface area (TPSA) is 63.0 Å². The summed E-state index contributed by atoms with van der Waals surface area (Å²) >= 11 is 0. The molecule has 0 aliphatic heterocycles. The number of hydrogen-bond acceptors (Lipinski definition) is 3. The molecular formula is C5H4N4O. The Morgan fingerprint density at radius 3 is 3.20 bits per heavy atom. The monoisotopic (exact) mass is 136 g/mol. The first kappa shape index (κ1) is 5.16. The molecule has 0 atom stereocenters. The Hall–Kier alpha value is -1.65. The van der Waals surface area contributed by atoms with Crippen LogP contribution in [0.25, 0.3) is 5.78 Å². The number of aromatic amines is 1. The molecule has 0 amide bonds. The average Bonchev–Trinajstić information content (AvgIpc) is 2.36. The molecule has 0 saturated heterocycles. The third kappa shape index (κ3) is 0.540. The minimum absolute atomic E-state index is 0.150. The summed E-state index contributed by atoms with van der Waals surface area (Å²) in [5.41, 5.74) is -0.150. The summed E-state index contributed by atoms with van der Waals surface area (Å²) in [7, 11) is 0. The minimum Gasteiger partial charge on any atom is -0.278 e. The van der Waals surface area contributed by atoms with Crippen molar-refractivity contribution in [1.29, 1.82) is 0 Å². The highest BCUT2D eigenvalue weighted by Gasteiger charge is 1.94. The van der Waals surface area contributed by atoms with Gasteiger partial charge in [0.25, 0.3) is 11.3 Å². The summed E-state index contributed by atoms with van der Waals surface area (Å²) in [6, 6.07) is 1.37. The highest BCUT2D eigenvalue weighted by Crippen LogP contribution is 1.82. The van der Waals surface area contributed by atoms with Gasteiger partial charge in [-0.25, -0.2) is 9.97 Å². The zero-order valence-corrected chi connectivity index (χ0v) is 4.98. The third-order valence-electron chi connectivity index (χ3n) is 1.19. The molecule has 0 aromatic carbocycles. The second-order valence-electron chi connectivity index (χ2n) is 1.81. The highest BCUT2D eigenvalue weighted by atomic mass is 16.1. The van der Waals surface area contributed by atoms with Crippen LogP contribution in [0.3, 0.4) is 0 Å². The molecule has 0 bridgehead atoms. The van der Waals surface area contributed by atoms with E-state index in [1.807, 2.05) is 0 Å². The predicted octanol–water partition coefficient (Wildman–Crippen LogP) is -0.582. The van der Waals surface area contributed by atoms with E-state index in [2.05, 4.69) is 15.1 Å². The number of fused-ring (bicyclic) bond motifs is 1. The molecule has 0 fully saturated rings. The number of nitrogens with zero attached hydrogens (tertiary/aromatic N) is 3. The maximum Gasteiger partial charge on any atom is 0.273 e. The molecule has 2 aromatic heterocycles. The molecule has 2 heterocycles. The number of hydrogen-bond donors (Lipinski definition) is 1. The van der Waals surface area contributed by atoms with E-state index in [0.29, 0.717) is 5.78 Å². The largest absolute Gasteiger partial charge is 0.278 e. The molecule has 0 spiro atoms. The zero-order valence-electron chi connectivity index (χ0n) is 4.98. The first-order chi connectivity index (χ1) is 4.88. The summed E-state index contributed by atoms with van der Waals surface area (Å²) in [6.07, 6.45) is 2.85. The van der Waals surface area contributed by atoms with E-state index in [-0.39, 0.29) is 5.56 Å².